The lowest BCUT2D eigenvalue weighted by molar-refractivity contribution is -0.161. The van der Waals surface area contributed by atoms with Gasteiger partial charge in [-0.25, -0.2) is 9.13 Å². The summed E-state index contributed by atoms with van der Waals surface area (Å²) in [5.41, 5.74) is 0. The highest BCUT2D eigenvalue weighted by molar-refractivity contribution is 7.47. The van der Waals surface area contributed by atoms with Crippen LogP contribution in [0.25, 0.3) is 0 Å². The first-order valence-electron chi connectivity index (χ1n) is 38.5. The van der Waals surface area contributed by atoms with Crippen molar-refractivity contribution >= 4 is 39.5 Å². The van der Waals surface area contributed by atoms with E-state index in [-0.39, 0.29) is 25.7 Å². The number of carbonyl (C=O) groups is 4. The summed E-state index contributed by atoms with van der Waals surface area (Å²) < 4.78 is 68.3. The van der Waals surface area contributed by atoms with Crippen molar-refractivity contribution in [1.29, 1.82) is 0 Å². The lowest BCUT2D eigenvalue weighted by atomic mass is 10.0. The van der Waals surface area contributed by atoms with Gasteiger partial charge in [0.25, 0.3) is 0 Å². The summed E-state index contributed by atoms with van der Waals surface area (Å²) in [6.45, 7) is 9.58. The Labute approximate surface area is 568 Å². The van der Waals surface area contributed by atoms with Crippen LogP contribution in [0.3, 0.4) is 0 Å². The van der Waals surface area contributed by atoms with Gasteiger partial charge in [-0.05, 0) is 37.5 Å². The minimum Gasteiger partial charge on any atom is -0.462 e. The van der Waals surface area contributed by atoms with Crippen LogP contribution < -0.4 is 0 Å². The van der Waals surface area contributed by atoms with Crippen molar-refractivity contribution in [3.8, 4) is 0 Å². The van der Waals surface area contributed by atoms with Crippen LogP contribution >= 0.6 is 15.6 Å². The summed E-state index contributed by atoms with van der Waals surface area (Å²) in [6.07, 6.45) is 52.9. The van der Waals surface area contributed by atoms with Gasteiger partial charge in [0, 0.05) is 25.7 Å². The number of rotatable bonds is 73. The third-order valence-electron chi connectivity index (χ3n) is 17.2. The molecule has 0 saturated heterocycles. The Hall–Kier alpha value is -1.94. The summed E-state index contributed by atoms with van der Waals surface area (Å²) in [5, 5.41) is 10.6. The molecule has 0 fully saturated rings. The smallest absolute Gasteiger partial charge is 0.462 e. The Morgan fingerprint density at radius 1 is 0.290 bits per heavy atom. The van der Waals surface area contributed by atoms with E-state index in [0.29, 0.717) is 25.7 Å². The van der Waals surface area contributed by atoms with E-state index in [2.05, 4.69) is 41.5 Å². The minimum atomic E-state index is -4.95. The molecule has 0 aliphatic heterocycles. The van der Waals surface area contributed by atoms with Gasteiger partial charge in [-0.15, -0.1) is 0 Å². The zero-order valence-electron chi connectivity index (χ0n) is 60.6. The number of phosphoric acid groups is 2. The molecule has 5 atom stereocenters. The highest BCUT2D eigenvalue weighted by atomic mass is 31.2. The fourth-order valence-corrected chi connectivity index (χ4v) is 12.9. The molecule has 0 aromatic carbocycles. The molecule has 0 amide bonds. The second-order valence-electron chi connectivity index (χ2n) is 27.6. The summed E-state index contributed by atoms with van der Waals surface area (Å²) in [5.74, 6) is -0.514. The lowest BCUT2D eigenvalue weighted by Crippen LogP contribution is -2.30. The van der Waals surface area contributed by atoms with Crippen LogP contribution in [0.15, 0.2) is 0 Å². The molecule has 93 heavy (non-hydrogen) atoms. The van der Waals surface area contributed by atoms with Crippen molar-refractivity contribution in [2.45, 2.75) is 400 Å². The Bertz CT molecular complexity index is 1800. The van der Waals surface area contributed by atoms with Gasteiger partial charge >= 0.3 is 39.5 Å². The number of phosphoric ester groups is 2. The molecule has 3 N–H and O–H groups in total. The molecule has 0 aliphatic carbocycles. The second-order valence-corrected chi connectivity index (χ2v) is 30.5. The van der Waals surface area contributed by atoms with E-state index in [1.807, 2.05) is 0 Å². The second kappa shape index (κ2) is 66.0. The zero-order chi connectivity index (χ0) is 68.6. The molecule has 0 aromatic heterocycles. The molecule has 0 rings (SSSR count). The average Bonchev–Trinajstić information content (AvgIpc) is 1.59. The fourth-order valence-electron chi connectivity index (χ4n) is 11.3. The van der Waals surface area contributed by atoms with Gasteiger partial charge in [-0.3, -0.25) is 37.3 Å². The number of aliphatic hydroxyl groups excluding tert-OH is 1. The van der Waals surface area contributed by atoms with E-state index in [0.717, 1.165) is 115 Å². The molecule has 0 bridgehead atoms. The van der Waals surface area contributed by atoms with Crippen molar-refractivity contribution in [3.63, 3.8) is 0 Å². The SMILES string of the molecule is CCCCCCCCCCCCC(=O)O[C@H](COC(=O)CCCCCCCCC)COP(=O)(O)OC[C@H](O)COP(=O)(O)OC[C@@H](COC(=O)CCCCCCCCCCCCCCCCCC(C)C)OC(=O)CCCCCCCCCCCCCCCCCC(C)C. The molecule has 2 unspecified atom stereocenters. The van der Waals surface area contributed by atoms with Crippen LogP contribution in [0.2, 0.25) is 0 Å². The van der Waals surface area contributed by atoms with Crippen LogP contribution in [-0.2, 0) is 65.4 Å². The van der Waals surface area contributed by atoms with Gasteiger partial charge in [-0.2, -0.15) is 0 Å². The van der Waals surface area contributed by atoms with Crippen LogP contribution in [0.4, 0.5) is 0 Å². The predicted molar refractivity (Wildman–Crippen MR) is 377 cm³/mol. The van der Waals surface area contributed by atoms with Crippen LogP contribution in [0, 0.1) is 11.8 Å². The standard InChI is InChI=1S/C74H144O17P2/c1-7-9-11-13-15-16-33-40-46-52-58-73(78)90-69(62-84-71(76)56-50-44-36-14-12-10-8-2)64-88-92(80,81)86-60-68(75)61-87-93(82,83)89-65-70(91-74(79)59-53-47-41-35-30-26-22-18-20-24-28-32-38-43-49-55-67(5)6)63-85-72(77)57-51-45-39-34-29-25-21-17-19-23-27-31-37-42-48-54-66(3)4/h66-70,75H,7-65H2,1-6H3,(H,80,81)(H,82,83)/t68-,69+,70+/m0/s1. The monoisotopic (exact) mass is 1370 g/mol. The third kappa shape index (κ3) is 68.4. The van der Waals surface area contributed by atoms with Gasteiger partial charge in [-0.1, -0.05) is 330 Å². The van der Waals surface area contributed by atoms with E-state index in [1.165, 1.54) is 186 Å². The highest BCUT2D eigenvalue weighted by Crippen LogP contribution is 2.45. The van der Waals surface area contributed by atoms with Crippen molar-refractivity contribution in [1.82, 2.24) is 0 Å². The molecule has 0 saturated carbocycles. The average molecular weight is 1370 g/mol. The van der Waals surface area contributed by atoms with Crippen molar-refractivity contribution < 1.29 is 80.2 Å². The predicted octanol–water partition coefficient (Wildman–Crippen LogP) is 21.6. The normalized spacial score (nSPS) is 14.1. The van der Waals surface area contributed by atoms with Crippen LogP contribution in [-0.4, -0.2) is 96.7 Å². The van der Waals surface area contributed by atoms with Gasteiger partial charge in [0.1, 0.15) is 19.3 Å². The fraction of sp³-hybridized carbons (Fsp3) is 0.946. The largest absolute Gasteiger partial charge is 0.472 e. The highest BCUT2D eigenvalue weighted by Gasteiger charge is 2.30. The Kier molecular flexibility index (Phi) is 64.6. The van der Waals surface area contributed by atoms with E-state index < -0.39 is 97.5 Å². The van der Waals surface area contributed by atoms with Crippen molar-refractivity contribution in [3.05, 3.63) is 0 Å². The number of ether oxygens (including phenoxy) is 4. The number of unbranched alkanes of at least 4 members (excludes halogenated alkanes) is 43. The number of carbonyl (C=O) groups excluding carboxylic acids is 4. The number of hydrogen-bond acceptors (Lipinski definition) is 15. The Morgan fingerprint density at radius 3 is 0.731 bits per heavy atom. The van der Waals surface area contributed by atoms with Crippen molar-refractivity contribution in [2.75, 3.05) is 39.6 Å². The molecule has 0 aliphatic rings. The molecular formula is C74H144O17P2. The zero-order valence-corrected chi connectivity index (χ0v) is 62.3. The molecule has 0 spiro atoms. The summed E-state index contributed by atoms with van der Waals surface area (Å²) in [4.78, 5) is 72.5. The van der Waals surface area contributed by atoms with Crippen LogP contribution in [0.5, 0.6) is 0 Å². The summed E-state index contributed by atoms with van der Waals surface area (Å²) in [7, 11) is -9.90. The third-order valence-corrected chi connectivity index (χ3v) is 19.1. The van der Waals surface area contributed by atoms with E-state index in [9.17, 15) is 43.2 Å². The van der Waals surface area contributed by atoms with E-state index >= 15 is 0 Å². The van der Waals surface area contributed by atoms with Crippen molar-refractivity contribution in [2.24, 2.45) is 11.8 Å². The van der Waals surface area contributed by atoms with Gasteiger partial charge in [0.15, 0.2) is 12.2 Å². The molecule has 0 heterocycles. The first-order valence-corrected chi connectivity index (χ1v) is 41.5. The quantitative estimate of drug-likeness (QED) is 0.0222. The number of esters is 4. The first-order chi connectivity index (χ1) is 44.9. The number of aliphatic hydroxyl groups is 1. The molecule has 19 heteroatoms. The summed E-state index contributed by atoms with van der Waals surface area (Å²) in [6, 6.07) is 0. The van der Waals surface area contributed by atoms with Crippen LogP contribution in [0.1, 0.15) is 382 Å². The van der Waals surface area contributed by atoms with Gasteiger partial charge in [0.2, 0.25) is 0 Å². The molecule has 0 aromatic rings. The lowest BCUT2D eigenvalue weighted by Gasteiger charge is -2.21. The maximum atomic E-state index is 13.1. The Balaban J connectivity index is 5.17. The molecular weight excluding hydrogens is 1220 g/mol. The molecule has 552 valence electrons. The van der Waals surface area contributed by atoms with E-state index in [4.69, 9.17) is 37.0 Å². The molecule has 17 nitrogen and oxygen atoms in total. The topological polar surface area (TPSA) is 237 Å². The molecule has 0 radical (unpaired) electrons. The van der Waals surface area contributed by atoms with Gasteiger partial charge in [0.05, 0.1) is 26.4 Å². The number of hydrogen-bond donors (Lipinski definition) is 3. The van der Waals surface area contributed by atoms with E-state index in [1.54, 1.807) is 0 Å². The minimum absolute atomic E-state index is 0.106. The maximum Gasteiger partial charge on any atom is 0.472 e. The maximum absolute atomic E-state index is 13.1. The van der Waals surface area contributed by atoms with Gasteiger partial charge < -0.3 is 33.8 Å². The summed E-state index contributed by atoms with van der Waals surface area (Å²) >= 11 is 0. The first kappa shape index (κ1) is 91.1. The Morgan fingerprint density at radius 2 is 0.495 bits per heavy atom.